The van der Waals surface area contributed by atoms with Gasteiger partial charge >= 0.3 is 0 Å². The van der Waals surface area contributed by atoms with Gasteiger partial charge in [-0.15, -0.1) is 5.10 Å². The molecular weight excluding hydrogens is 268 g/mol. The van der Waals surface area contributed by atoms with Crippen LogP contribution < -0.4 is 11.1 Å². The van der Waals surface area contributed by atoms with Gasteiger partial charge in [0.25, 0.3) is 5.95 Å². The van der Waals surface area contributed by atoms with Crippen molar-refractivity contribution in [2.45, 2.75) is 13.1 Å². The summed E-state index contributed by atoms with van der Waals surface area (Å²) < 4.78 is 0. The lowest BCUT2D eigenvalue weighted by atomic mass is 10.0. The molecular formula is C14H14N6O. The zero-order valence-corrected chi connectivity index (χ0v) is 11.2. The van der Waals surface area contributed by atoms with Crippen LogP contribution in [0.15, 0.2) is 42.5 Å². The van der Waals surface area contributed by atoms with Crippen molar-refractivity contribution < 1.29 is 4.79 Å². The van der Waals surface area contributed by atoms with Crippen molar-refractivity contribution in [3.8, 4) is 0 Å². The van der Waals surface area contributed by atoms with Crippen LogP contribution in [0.5, 0.6) is 0 Å². The first-order valence-electron chi connectivity index (χ1n) is 6.49. The number of benzene rings is 2. The number of carbonyl (C=O) groups excluding carboxylic acids is 1. The van der Waals surface area contributed by atoms with Crippen LogP contribution in [0.4, 0.5) is 5.95 Å². The average molecular weight is 282 g/mol. The molecule has 0 radical (unpaired) electrons. The van der Waals surface area contributed by atoms with Gasteiger partial charge in [-0.05, 0) is 21.5 Å². The second-order valence-corrected chi connectivity index (χ2v) is 4.59. The number of anilines is 1. The number of nitrogens with two attached hydrogens (primary N) is 1. The molecule has 3 N–H and O–H groups in total. The maximum atomic E-state index is 11.9. The molecule has 0 spiro atoms. The van der Waals surface area contributed by atoms with Crippen molar-refractivity contribution in [1.82, 2.24) is 25.5 Å². The van der Waals surface area contributed by atoms with Crippen molar-refractivity contribution >= 4 is 22.6 Å². The van der Waals surface area contributed by atoms with Crippen LogP contribution >= 0.6 is 0 Å². The molecule has 0 aliphatic carbocycles. The Morgan fingerprint density at radius 3 is 2.81 bits per heavy atom. The maximum Gasteiger partial charge on any atom is 0.260 e. The minimum absolute atomic E-state index is 0.00499. The van der Waals surface area contributed by atoms with Crippen LogP contribution in [0.25, 0.3) is 10.8 Å². The van der Waals surface area contributed by atoms with Gasteiger partial charge in [0.2, 0.25) is 5.91 Å². The van der Waals surface area contributed by atoms with Gasteiger partial charge in [-0.25, -0.2) is 0 Å². The number of nitrogen functional groups attached to an aromatic ring is 1. The molecule has 7 nitrogen and oxygen atoms in total. The SMILES string of the molecule is Nc1nnn(CC(=O)NCc2cccc3ccccc23)n1. The highest BCUT2D eigenvalue weighted by Crippen LogP contribution is 2.18. The molecule has 0 aliphatic heterocycles. The highest BCUT2D eigenvalue weighted by atomic mass is 16.2. The molecule has 1 heterocycles. The summed E-state index contributed by atoms with van der Waals surface area (Å²) in [5, 5.41) is 16.0. The molecule has 1 amide bonds. The van der Waals surface area contributed by atoms with Crippen LogP contribution in [0.2, 0.25) is 0 Å². The number of aromatic nitrogens is 4. The van der Waals surface area contributed by atoms with Crippen LogP contribution in [0, 0.1) is 0 Å². The van der Waals surface area contributed by atoms with Crippen LogP contribution in [0.3, 0.4) is 0 Å². The first-order valence-corrected chi connectivity index (χ1v) is 6.49. The Hall–Kier alpha value is -2.96. The molecule has 2 aromatic carbocycles. The zero-order chi connectivity index (χ0) is 14.7. The largest absolute Gasteiger partial charge is 0.365 e. The second-order valence-electron chi connectivity index (χ2n) is 4.59. The Morgan fingerprint density at radius 1 is 1.19 bits per heavy atom. The number of rotatable bonds is 4. The molecule has 7 heteroatoms. The topological polar surface area (TPSA) is 98.7 Å². The van der Waals surface area contributed by atoms with Crippen LogP contribution in [-0.2, 0) is 17.9 Å². The fourth-order valence-electron chi connectivity index (χ4n) is 2.15. The summed E-state index contributed by atoms with van der Waals surface area (Å²) in [6.07, 6.45) is 0. The molecule has 3 rings (SSSR count). The quantitative estimate of drug-likeness (QED) is 0.734. The maximum absolute atomic E-state index is 11.9. The molecule has 0 fully saturated rings. The third kappa shape index (κ3) is 2.97. The summed E-state index contributed by atoms with van der Waals surface area (Å²) in [7, 11) is 0. The van der Waals surface area contributed by atoms with Gasteiger partial charge in [-0.2, -0.15) is 4.80 Å². The average Bonchev–Trinajstić information content (AvgIpc) is 2.90. The summed E-state index contributed by atoms with van der Waals surface area (Å²) >= 11 is 0. The number of nitrogens with zero attached hydrogens (tertiary/aromatic N) is 4. The van der Waals surface area contributed by atoms with Crippen molar-refractivity contribution in [3.05, 3.63) is 48.0 Å². The Morgan fingerprint density at radius 2 is 2.00 bits per heavy atom. The molecule has 21 heavy (non-hydrogen) atoms. The highest BCUT2D eigenvalue weighted by molar-refractivity contribution is 5.86. The Kier molecular flexibility index (Phi) is 3.46. The molecule has 0 saturated heterocycles. The predicted octanol–water partition coefficient (Wildman–Crippen LogP) is 0.725. The molecule has 106 valence electrons. The molecule has 0 aliphatic rings. The first-order chi connectivity index (χ1) is 10.2. The van der Waals surface area contributed by atoms with E-state index >= 15 is 0 Å². The van der Waals surface area contributed by atoms with Gasteiger partial charge in [-0.3, -0.25) is 4.79 Å². The number of hydrogen-bond acceptors (Lipinski definition) is 5. The van der Waals surface area contributed by atoms with Crippen molar-refractivity contribution in [1.29, 1.82) is 0 Å². The number of tetrazole rings is 1. The van der Waals surface area contributed by atoms with Gasteiger partial charge in [0.1, 0.15) is 6.54 Å². The smallest absolute Gasteiger partial charge is 0.260 e. The standard InChI is InChI=1S/C14H14N6O/c15-14-17-19-20(18-14)9-13(21)16-8-11-6-3-5-10-4-1-2-7-12(10)11/h1-7H,8-9H2,(H2,15,18)(H,16,21). The molecule has 3 aromatic rings. The van der Waals surface area contributed by atoms with E-state index in [0.717, 1.165) is 21.1 Å². The number of amides is 1. The van der Waals surface area contributed by atoms with Crippen LogP contribution in [-0.4, -0.2) is 26.1 Å². The summed E-state index contributed by atoms with van der Waals surface area (Å²) in [6, 6.07) is 14.1. The van der Waals surface area contributed by atoms with Crippen molar-refractivity contribution in [2.24, 2.45) is 0 Å². The third-order valence-electron chi connectivity index (χ3n) is 3.11. The Labute approximate surface area is 120 Å². The fourth-order valence-corrected chi connectivity index (χ4v) is 2.15. The van der Waals surface area contributed by atoms with Crippen molar-refractivity contribution in [3.63, 3.8) is 0 Å². The minimum Gasteiger partial charge on any atom is -0.365 e. The highest BCUT2D eigenvalue weighted by Gasteiger charge is 2.07. The monoisotopic (exact) mass is 282 g/mol. The summed E-state index contributed by atoms with van der Waals surface area (Å²) in [5.41, 5.74) is 6.41. The van der Waals surface area contributed by atoms with E-state index in [0.29, 0.717) is 6.54 Å². The van der Waals surface area contributed by atoms with Crippen LogP contribution in [0.1, 0.15) is 5.56 Å². The first kappa shape index (κ1) is 13.0. The van der Waals surface area contributed by atoms with Gasteiger partial charge in [-0.1, -0.05) is 47.6 Å². The number of hydrogen-bond donors (Lipinski definition) is 2. The van der Waals surface area contributed by atoms with Gasteiger partial charge < -0.3 is 11.1 Å². The lowest BCUT2D eigenvalue weighted by molar-refractivity contribution is -0.122. The van der Waals surface area contributed by atoms with Gasteiger partial charge in [0, 0.05) is 6.54 Å². The normalized spacial score (nSPS) is 10.7. The summed E-state index contributed by atoms with van der Waals surface area (Å²) in [4.78, 5) is 13.0. The number of fused-ring (bicyclic) bond motifs is 1. The molecule has 0 bridgehead atoms. The summed E-state index contributed by atoms with van der Waals surface area (Å²) in [6.45, 7) is 0.444. The lowest BCUT2D eigenvalue weighted by Gasteiger charge is -2.08. The molecule has 0 saturated carbocycles. The second kappa shape index (κ2) is 5.58. The zero-order valence-electron chi connectivity index (χ0n) is 11.2. The van der Waals surface area contributed by atoms with E-state index in [1.807, 2.05) is 42.5 Å². The van der Waals surface area contributed by atoms with Gasteiger partial charge in [0.05, 0.1) is 0 Å². The summed E-state index contributed by atoms with van der Waals surface area (Å²) in [5.74, 6) is -0.141. The van der Waals surface area contributed by atoms with Crippen molar-refractivity contribution in [2.75, 3.05) is 5.73 Å². The number of carbonyl (C=O) groups is 1. The minimum atomic E-state index is -0.194. The molecule has 0 unspecified atom stereocenters. The lowest BCUT2D eigenvalue weighted by Crippen LogP contribution is -2.28. The number of nitrogens with one attached hydrogen (secondary N) is 1. The third-order valence-corrected chi connectivity index (χ3v) is 3.11. The molecule has 1 aromatic heterocycles. The van der Waals surface area contributed by atoms with E-state index < -0.39 is 0 Å². The van der Waals surface area contributed by atoms with Gasteiger partial charge in [0.15, 0.2) is 0 Å². The van der Waals surface area contributed by atoms with E-state index in [2.05, 4.69) is 20.7 Å². The van der Waals surface area contributed by atoms with E-state index in [9.17, 15) is 4.79 Å². The van der Waals surface area contributed by atoms with E-state index in [1.165, 1.54) is 0 Å². The molecule has 0 atom stereocenters. The van der Waals surface area contributed by atoms with E-state index in [-0.39, 0.29) is 18.4 Å². The predicted molar refractivity (Wildman–Crippen MR) is 78.0 cm³/mol. The van der Waals surface area contributed by atoms with E-state index in [1.54, 1.807) is 0 Å². The van der Waals surface area contributed by atoms with E-state index in [4.69, 9.17) is 5.73 Å². The Balaban J connectivity index is 1.67. The fraction of sp³-hybridized carbons (Fsp3) is 0.143. The Bertz CT molecular complexity index is 776.